The van der Waals surface area contributed by atoms with Crippen LogP contribution in [0, 0.1) is 0 Å². The molecule has 0 unspecified atom stereocenters. The van der Waals surface area contributed by atoms with E-state index < -0.39 is 31.4 Å². The minimum Gasteiger partial charge on any atom is -0.433 e. The van der Waals surface area contributed by atoms with Crippen LogP contribution in [-0.2, 0) is 19.2 Å². The SMILES string of the molecule is [2H]C([2H])([2H])C([2H])([2H])OC(=O)ON1C(=O)CCC1=O. The molecule has 13 heavy (non-hydrogen) atoms. The predicted octanol–water partition coefficient (Wildman–Crippen LogP) is 0.223. The van der Waals surface area contributed by atoms with Crippen LogP contribution in [-0.4, -0.2) is 29.6 Å². The summed E-state index contributed by atoms with van der Waals surface area (Å²) in [4.78, 5) is 37.3. The Balaban J connectivity index is 2.63. The van der Waals surface area contributed by atoms with Crippen molar-refractivity contribution in [3.8, 4) is 0 Å². The number of carbonyl (C=O) groups excluding carboxylic acids is 3. The first-order valence-corrected chi connectivity index (χ1v) is 3.31. The smallest absolute Gasteiger partial charge is 0.433 e. The molecule has 1 heterocycles. The predicted molar refractivity (Wildman–Crippen MR) is 39.2 cm³/mol. The van der Waals surface area contributed by atoms with Gasteiger partial charge in [-0.1, -0.05) is 5.06 Å². The standard InChI is InChI=1S/C7H9NO5/c1-2-12-7(11)13-8-5(9)3-4-6(8)10/h2-4H2,1H3/i1D3,2D2. The number of ether oxygens (including phenoxy) is 1. The van der Waals surface area contributed by atoms with Crippen molar-refractivity contribution in [2.24, 2.45) is 0 Å². The summed E-state index contributed by atoms with van der Waals surface area (Å²) in [5, 5.41) is 0.123. The Kier molecular flexibility index (Phi) is 1.37. The zero-order chi connectivity index (χ0) is 14.1. The quantitative estimate of drug-likeness (QED) is 0.462. The molecule has 0 aromatic carbocycles. The molecule has 0 aliphatic carbocycles. The molecule has 0 aromatic rings. The van der Waals surface area contributed by atoms with Crippen LogP contribution in [0.15, 0.2) is 0 Å². The Hall–Kier alpha value is -1.59. The number of carbonyl (C=O) groups is 3. The number of imide groups is 1. The molecule has 1 aliphatic heterocycles. The van der Waals surface area contributed by atoms with Gasteiger partial charge in [0.1, 0.15) is 0 Å². The van der Waals surface area contributed by atoms with Gasteiger partial charge in [-0.3, -0.25) is 14.4 Å². The van der Waals surface area contributed by atoms with E-state index in [0.717, 1.165) is 0 Å². The summed E-state index contributed by atoms with van der Waals surface area (Å²) in [5.74, 6) is -1.57. The third-order valence-corrected chi connectivity index (χ3v) is 1.31. The molecule has 1 rings (SSSR count). The van der Waals surface area contributed by atoms with Crippen LogP contribution >= 0.6 is 0 Å². The lowest BCUT2D eigenvalue weighted by Gasteiger charge is -2.11. The van der Waals surface area contributed by atoms with Crippen molar-refractivity contribution in [2.45, 2.75) is 19.7 Å². The first-order chi connectivity index (χ1) is 8.04. The summed E-state index contributed by atoms with van der Waals surface area (Å²) in [7, 11) is 0. The van der Waals surface area contributed by atoms with E-state index in [-0.39, 0.29) is 17.9 Å². The largest absolute Gasteiger partial charge is 0.533 e. The first-order valence-electron chi connectivity index (χ1n) is 5.81. The van der Waals surface area contributed by atoms with Crippen molar-refractivity contribution in [3.05, 3.63) is 0 Å². The van der Waals surface area contributed by atoms with E-state index in [2.05, 4.69) is 9.57 Å². The second-order valence-electron chi connectivity index (χ2n) is 2.13. The molecule has 1 saturated heterocycles. The van der Waals surface area contributed by atoms with Crippen molar-refractivity contribution in [3.63, 3.8) is 0 Å². The molecule has 0 radical (unpaired) electrons. The second kappa shape index (κ2) is 3.88. The van der Waals surface area contributed by atoms with Crippen LogP contribution in [0.4, 0.5) is 4.79 Å². The topological polar surface area (TPSA) is 72.9 Å². The van der Waals surface area contributed by atoms with Crippen molar-refractivity contribution >= 4 is 18.0 Å². The zero-order valence-corrected chi connectivity index (χ0v) is 6.40. The van der Waals surface area contributed by atoms with Gasteiger partial charge >= 0.3 is 6.16 Å². The Morgan fingerprint density at radius 2 is 2.23 bits per heavy atom. The van der Waals surface area contributed by atoms with Crippen LogP contribution in [0.2, 0.25) is 0 Å². The lowest BCUT2D eigenvalue weighted by molar-refractivity contribution is -0.176. The summed E-state index contributed by atoms with van der Waals surface area (Å²) in [6, 6.07) is 0. The van der Waals surface area contributed by atoms with E-state index >= 15 is 0 Å². The maximum Gasteiger partial charge on any atom is 0.533 e. The summed E-state index contributed by atoms with van der Waals surface area (Å²) in [6.45, 7) is -6.50. The van der Waals surface area contributed by atoms with Gasteiger partial charge in [-0.2, -0.15) is 0 Å². The van der Waals surface area contributed by atoms with Gasteiger partial charge in [0.25, 0.3) is 11.8 Å². The minimum atomic E-state index is -3.28. The number of nitrogens with zero attached hydrogens (tertiary/aromatic N) is 1. The molecule has 0 atom stereocenters. The van der Waals surface area contributed by atoms with Gasteiger partial charge in [0.05, 0.1) is 9.30 Å². The third kappa shape index (κ3) is 2.17. The van der Waals surface area contributed by atoms with E-state index in [1.807, 2.05) is 0 Å². The van der Waals surface area contributed by atoms with Crippen LogP contribution in [0.5, 0.6) is 0 Å². The molecule has 0 N–H and O–H groups in total. The summed E-state index contributed by atoms with van der Waals surface area (Å²) >= 11 is 0. The molecule has 6 heteroatoms. The Labute approximate surface area is 81.4 Å². The molecule has 6 nitrogen and oxygen atoms in total. The molecule has 2 amide bonds. The Bertz CT molecular complexity index is 376. The lowest BCUT2D eigenvalue weighted by Crippen LogP contribution is -2.32. The number of hydrogen-bond acceptors (Lipinski definition) is 5. The fraction of sp³-hybridized carbons (Fsp3) is 0.571. The highest BCUT2D eigenvalue weighted by atomic mass is 16.8. The van der Waals surface area contributed by atoms with Crippen LogP contribution < -0.4 is 0 Å². The number of hydroxylamine groups is 2. The van der Waals surface area contributed by atoms with Crippen molar-refractivity contribution in [1.82, 2.24) is 5.06 Å². The molecular formula is C7H9NO5. The summed E-state index contributed by atoms with van der Waals surface area (Å²) < 4.78 is 38.2. The lowest BCUT2D eigenvalue weighted by atomic mass is 10.4. The van der Waals surface area contributed by atoms with E-state index in [0.29, 0.717) is 0 Å². The van der Waals surface area contributed by atoms with Crippen molar-refractivity contribution in [1.29, 1.82) is 0 Å². The number of amides is 2. The molecular weight excluding hydrogens is 178 g/mol. The summed E-state index contributed by atoms with van der Waals surface area (Å²) in [6.07, 6.45) is -2.06. The molecule has 0 spiro atoms. The Morgan fingerprint density at radius 1 is 1.62 bits per heavy atom. The monoisotopic (exact) mass is 192 g/mol. The molecule has 1 aliphatic rings. The van der Waals surface area contributed by atoms with Crippen LogP contribution in [0.25, 0.3) is 0 Å². The van der Waals surface area contributed by atoms with Gasteiger partial charge in [0.15, 0.2) is 0 Å². The van der Waals surface area contributed by atoms with Crippen LogP contribution in [0.1, 0.15) is 26.5 Å². The van der Waals surface area contributed by atoms with E-state index in [1.165, 1.54) is 0 Å². The fourth-order valence-corrected chi connectivity index (χ4v) is 0.793. The molecule has 0 saturated carbocycles. The normalized spacial score (nSPS) is 24.0. The highest BCUT2D eigenvalue weighted by Gasteiger charge is 2.33. The van der Waals surface area contributed by atoms with E-state index in [9.17, 15) is 14.4 Å². The third-order valence-electron chi connectivity index (χ3n) is 1.31. The van der Waals surface area contributed by atoms with Crippen molar-refractivity contribution in [2.75, 3.05) is 6.56 Å². The van der Waals surface area contributed by atoms with E-state index in [1.54, 1.807) is 0 Å². The average Bonchev–Trinajstić information content (AvgIpc) is 2.46. The average molecular weight is 192 g/mol. The maximum atomic E-state index is 11.1. The molecule has 0 aromatic heterocycles. The van der Waals surface area contributed by atoms with Gasteiger partial charge in [-0.15, -0.1) is 0 Å². The van der Waals surface area contributed by atoms with Crippen molar-refractivity contribution < 1.29 is 30.8 Å². The summed E-state index contributed by atoms with van der Waals surface area (Å²) in [5.41, 5.74) is 0. The Morgan fingerprint density at radius 3 is 2.77 bits per heavy atom. The highest BCUT2D eigenvalue weighted by molar-refractivity contribution is 6.01. The fourth-order valence-electron chi connectivity index (χ4n) is 0.793. The number of rotatable bonds is 2. The van der Waals surface area contributed by atoms with Gasteiger partial charge in [-0.05, 0) is 6.85 Å². The minimum absolute atomic E-state index is 0.123. The van der Waals surface area contributed by atoms with Gasteiger partial charge < -0.3 is 4.74 Å². The first kappa shape index (κ1) is 4.59. The van der Waals surface area contributed by atoms with Gasteiger partial charge in [0, 0.05) is 17.0 Å². The second-order valence-corrected chi connectivity index (χ2v) is 2.13. The highest BCUT2D eigenvalue weighted by Crippen LogP contribution is 2.12. The maximum absolute atomic E-state index is 11.1. The zero-order valence-electron chi connectivity index (χ0n) is 11.4. The van der Waals surface area contributed by atoms with Crippen LogP contribution in [0.3, 0.4) is 0 Å². The molecule has 0 bridgehead atoms. The molecule has 1 fully saturated rings. The van der Waals surface area contributed by atoms with E-state index in [4.69, 9.17) is 6.85 Å². The number of hydrogen-bond donors (Lipinski definition) is 0. The molecule has 72 valence electrons. The van der Waals surface area contributed by atoms with Gasteiger partial charge in [0.2, 0.25) is 0 Å². The van der Waals surface area contributed by atoms with Gasteiger partial charge in [-0.25, -0.2) is 4.79 Å².